The molecule has 1 amide bonds. The van der Waals surface area contributed by atoms with Gasteiger partial charge in [0, 0.05) is 6.54 Å². The van der Waals surface area contributed by atoms with Gasteiger partial charge < -0.3 is 15.7 Å². The molecule has 2 aliphatic carbocycles. The molecule has 0 aromatic rings. The Balaban J connectivity index is 1.62. The SMILES string of the molecule is O=C(O)CC1(CNC(=O)CNCC2CC2)CCC1. The minimum absolute atomic E-state index is 0.0210. The van der Waals surface area contributed by atoms with E-state index in [0.717, 1.165) is 31.7 Å². The summed E-state index contributed by atoms with van der Waals surface area (Å²) in [5, 5.41) is 14.9. The number of aliphatic carboxylic acids is 1. The average molecular weight is 254 g/mol. The quantitative estimate of drug-likeness (QED) is 0.597. The molecule has 0 radical (unpaired) electrons. The first-order valence-corrected chi connectivity index (χ1v) is 6.79. The minimum Gasteiger partial charge on any atom is -0.481 e. The standard InChI is InChI=1S/C13H22N2O3/c16-11(8-14-7-10-2-3-10)15-9-13(4-1-5-13)6-12(17)18/h10,14H,1-9H2,(H,15,16)(H,17,18). The highest BCUT2D eigenvalue weighted by atomic mass is 16.4. The Labute approximate surface area is 107 Å². The van der Waals surface area contributed by atoms with Crippen LogP contribution >= 0.6 is 0 Å². The van der Waals surface area contributed by atoms with Crippen molar-refractivity contribution in [1.29, 1.82) is 0 Å². The van der Waals surface area contributed by atoms with Gasteiger partial charge in [-0.05, 0) is 43.6 Å². The lowest BCUT2D eigenvalue weighted by Gasteiger charge is -2.40. The van der Waals surface area contributed by atoms with Crippen LogP contribution in [0, 0.1) is 11.3 Å². The Morgan fingerprint density at radius 2 is 2.00 bits per heavy atom. The predicted molar refractivity (Wildman–Crippen MR) is 67.1 cm³/mol. The molecule has 0 aliphatic heterocycles. The van der Waals surface area contributed by atoms with Crippen LogP contribution in [0.15, 0.2) is 0 Å². The van der Waals surface area contributed by atoms with Crippen molar-refractivity contribution in [1.82, 2.24) is 10.6 Å². The molecular weight excluding hydrogens is 232 g/mol. The fourth-order valence-electron chi connectivity index (χ4n) is 2.47. The zero-order valence-electron chi connectivity index (χ0n) is 10.7. The van der Waals surface area contributed by atoms with Crippen LogP contribution in [-0.2, 0) is 9.59 Å². The Morgan fingerprint density at radius 3 is 2.50 bits per heavy atom. The molecule has 0 heterocycles. The van der Waals surface area contributed by atoms with Crippen molar-refractivity contribution < 1.29 is 14.7 Å². The molecule has 0 atom stereocenters. The number of carboxylic acids is 1. The molecule has 5 nitrogen and oxygen atoms in total. The van der Waals surface area contributed by atoms with Gasteiger partial charge in [-0.15, -0.1) is 0 Å². The lowest BCUT2D eigenvalue weighted by molar-refractivity contribution is -0.141. The van der Waals surface area contributed by atoms with Gasteiger partial charge in [0.25, 0.3) is 0 Å². The van der Waals surface area contributed by atoms with E-state index in [2.05, 4.69) is 10.6 Å². The van der Waals surface area contributed by atoms with Gasteiger partial charge in [-0.3, -0.25) is 9.59 Å². The van der Waals surface area contributed by atoms with Crippen molar-refractivity contribution >= 4 is 11.9 Å². The molecule has 2 aliphatic rings. The molecule has 0 spiro atoms. The van der Waals surface area contributed by atoms with Crippen molar-refractivity contribution in [3.63, 3.8) is 0 Å². The van der Waals surface area contributed by atoms with Crippen molar-refractivity contribution in [2.75, 3.05) is 19.6 Å². The fraction of sp³-hybridized carbons (Fsp3) is 0.846. The summed E-state index contributed by atoms with van der Waals surface area (Å²) in [4.78, 5) is 22.4. The van der Waals surface area contributed by atoms with E-state index < -0.39 is 5.97 Å². The summed E-state index contributed by atoms with van der Waals surface area (Å²) < 4.78 is 0. The van der Waals surface area contributed by atoms with Gasteiger partial charge in [-0.25, -0.2) is 0 Å². The summed E-state index contributed by atoms with van der Waals surface area (Å²) in [5.41, 5.74) is -0.183. The maximum absolute atomic E-state index is 11.6. The third-order valence-electron chi connectivity index (χ3n) is 4.02. The molecule has 2 rings (SSSR count). The second-order valence-electron chi connectivity index (χ2n) is 5.78. The third kappa shape index (κ3) is 3.98. The second kappa shape index (κ2) is 5.69. The molecule has 3 N–H and O–H groups in total. The van der Waals surface area contributed by atoms with E-state index in [4.69, 9.17) is 5.11 Å². The number of nitrogens with one attached hydrogen (secondary N) is 2. The summed E-state index contributed by atoms with van der Waals surface area (Å²) in [6.07, 6.45) is 5.61. The Kier molecular flexibility index (Phi) is 4.22. The van der Waals surface area contributed by atoms with Crippen molar-refractivity contribution in [3.8, 4) is 0 Å². The van der Waals surface area contributed by atoms with Gasteiger partial charge in [0.05, 0.1) is 13.0 Å². The van der Waals surface area contributed by atoms with E-state index in [1.54, 1.807) is 0 Å². The number of hydrogen-bond donors (Lipinski definition) is 3. The monoisotopic (exact) mass is 254 g/mol. The van der Waals surface area contributed by atoms with E-state index in [9.17, 15) is 9.59 Å². The number of rotatable bonds is 8. The molecule has 0 bridgehead atoms. The zero-order valence-corrected chi connectivity index (χ0v) is 10.7. The third-order valence-corrected chi connectivity index (χ3v) is 4.02. The second-order valence-corrected chi connectivity index (χ2v) is 5.78. The van der Waals surface area contributed by atoms with Crippen molar-refractivity contribution in [3.05, 3.63) is 0 Å². The fourth-order valence-corrected chi connectivity index (χ4v) is 2.47. The van der Waals surface area contributed by atoms with Gasteiger partial charge in [0.2, 0.25) is 5.91 Å². The van der Waals surface area contributed by atoms with Crippen LogP contribution in [0.1, 0.15) is 38.5 Å². The van der Waals surface area contributed by atoms with E-state index in [1.807, 2.05) is 0 Å². The highest BCUT2D eigenvalue weighted by molar-refractivity contribution is 5.78. The van der Waals surface area contributed by atoms with Crippen LogP contribution in [-0.4, -0.2) is 36.6 Å². The molecule has 0 aromatic carbocycles. The van der Waals surface area contributed by atoms with Crippen LogP contribution in [0.25, 0.3) is 0 Å². The predicted octanol–water partition coefficient (Wildman–Crippen LogP) is 0.747. The van der Waals surface area contributed by atoms with Gasteiger partial charge in [0.1, 0.15) is 0 Å². The topological polar surface area (TPSA) is 78.4 Å². The highest BCUT2D eigenvalue weighted by Gasteiger charge is 2.39. The molecule has 0 aromatic heterocycles. The molecule has 18 heavy (non-hydrogen) atoms. The van der Waals surface area contributed by atoms with Crippen LogP contribution in [0.4, 0.5) is 0 Å². The number of amides is 1. The maximum atomic E-state index is 11.6. The van der Waals surface area contributed by atoms with E-state index in [-0.39, 0.29) is 17.7 Å². The lowest BCUT2D eigenvalue weighted by Crippen LogP contribution is -2.45. The maximum Gasteiger partial charge on any atom is 0.303 e. The van der Waals surface area contributed by atoms with Crippen molar-refractivity contribution in [2.24, 2.45) is 11.3 Å². The highest BCUT2D eigenvalue weighted by Crippen LogP contribution is 2.43. The smallest absolute Gasteiger partial charge is 0.303 e. The van der Waals surface area contributed by atoms with Crippen LogP contribution in [0.2, 0.25) is 0 Å². The molecule has 0 unspecified atom stereocenters. The largest absolute Gasteiger partial charge is 0.481 e. The Bertz CT molecular complexity index is 322. The van der Waals surface area contributed by atoms with Gasteiger partial charge in [0.15, 0.2) is 0 Å². The average Bonchev–Trinajstić information content (AvgIpc) is 3.05. The molecule has 102 valence electrons. The number of carbonyl (C=O) groups is 2. The van der Waals surface area contributed by atoms with Crippen LogP contribution in [0.5, 0.6) is 0 Å². The van der Waals surface area contributed by atoms with Crippen LogP contribution < -0.4 is 10.6 Å². The number of hydrogen-bond acceptors (Lipinski definition) is 3. The van der Waals surface area contributed by atoms with Crippen LogP contribution in [0.3, 0.4) is 0 Å². The summed E-state index contributed by atoms with van der Waals surface area (Å²) in [5.74, 6) is -0.0223. The molecule has 2 fully saturated rings. The lowest BCUT2D eigenvalue weighted by atomic mass is 9.66. The molecular formula is C13H22N2O3. The van der Waals surface area contributed by atoms with E-state index in [0.29, 0.717) is 13.1 Å². The van der Waals surface area contributed by atoms with Gasteiger partial charge in [-0.1, -0.05) is 6.42 Å². The Hall–Kier alpha value is -1.10. The number of carboxylic acid groups (broad SMARTS) is 1. The number of carbonyl (C=O) groups excluding carboxylic acids is 1. The van der Waals surface area contributed by atoms with E-state index >= 15 is 0 Å². The van der Waals surface area contributed by atoms with E-state index in [1.165, 1.54) is 12.8 Å². The molecule has 5 heteroatoms. The Morgan fingerprint density at radius 1 is 1.28 bits per heavy atom. The summed E-state index contributed by atoms with van der Waals surface area (Å²) in [6, 6.07) is 0. The van der Waals surface area contributed by atoms with Crippen molar-refractivity contribution in [2.45, 2.75) is 38.5 Å². The van der Waals surface area contributed by atoms with Gasteiger partial charge >= 0.3 is 5.97 Å². The zero-order chi connectivity index (χ0) is 13.0. The first-order chi connectivity index (χ1) is 8.60. The summed E-state index contributed by atoms with van der Waals surface area (Å²) in [6.45, 7) is 1.77. The first kappa shape index (κ1) is 13.3. The normalized spacial score (nSPS) is 21.1. The first-order valence-electron chi connectivity index (χ1n) is 6.79. The molecule has 2 saturated carbocycles. The summed E-state index contributed by atoms with van der Waals surface area (Å²) >= 11 is 0. The summed E-state index contributed by atoms with van der Waals surface area (Å²) in [7, 11) is 0. The minimum atomic E-state index is -0.768. The van der Waals surface area contributed by atoms with Gasteiger partial charge in [-0.2, -0.15) is 0 Å². The molecule has 0 saturated heterocycles.